The van der Waals surface area contributed by atoms with Crippen LogP contribution in [0.3, 0.4) is 0 Å². The van der Waals surface area contributed by atoms with E-state index in [9.17, 15) is 9.59 Å². The van der Waals surface area contributed by atoms with Gasteiger partial charge < -0.3 is 19.7 Å². The molecule has 0 aliphatic carbocycles. The molecular weight excluding hydrogens is 460 g/mol. The molecule has 0 bridgehead atoms. The second-order valence-corrected chi connectivity index (χ2v) is 9.27. The van der Waals surface area contributed by atoms with Crippen molar-refractivity contribution >= 4 is 29.3 Å². The second-order valence-electron chi connectivity index (χ2n) is 8.19. The molecule has 1 heterocycles. The summed E-state index contributed by atoms with van der Waals surface area (Å²) in [6, 6.07) is 21.6. The molecular formula is C28H28N2O4S. The average molecular weight is 489 g/mol. The fourth-order valence-electron chi connectivity index (χ4n) is 3.83. The SMILES string of the molecule is COc1ccc(CCNC(=O)C=C2Sc3ccccc3N(Cc3ccc(C)cc3)C2=O)cc1OC. The van der Waals surface area contributed by atoms with Gasteiger partial charge in [0.25, 0.3) is 5.91 Å². The van der Waals surface area contributed by atoms with Gasteiger partial charge in [-0.15, -0.1) is 0 Å². The van der Waals surface area contributed by atoms with E-state index in [2.05, 4.69) is 5.32 Å². The monoisotopic (exact) mass is 488 g/mol. The standard InChI is InChI=1S/C28H28N2O4S/c1-19-8-10-21(11-9-19)18-30-22-6-4-5-7-25(22)35-26(28(30)32)17-27(31)29-15-14-20-12-13-23(33-2)24(16-20)34-3/h4-13,16-17H,14-15,18H2,1-3H3,(H,29,31). The maximum atomic E-state index is 13.4. The number of nitrogens with one attached hydrogen (secondary N) is 1. The summed E-state index contributed by atoms with van der Waals surface area (Å²) >= 11 is 1.33. The Labute approximate surface area is 209 Å². The maximum Gasteiger partial charge on any atom is 0.265 e. The average Bonchev–Trinajstić information content (AvgIpc) is 2.87. The Bertz CT molecular complexity index is 1250. The number of hydrogen-bond donors (Lipinski definition) is 1. The number of ether oxygens (including phenoxy) is 2. The van der Waals surface area contributed by atoms with Crippen molar-refractivity contribution < 1.29 is 19.1 Å². The summed E-state index contributed by atoms with van der Waals surface area (Å²) in [6.07, 6.45) is 2.03. The van der Waals surface area contributed by atoms with Crippen molar-refractivity contribution in [1.82, 2.24) is 5.32 Å². The zero-order valence-corrected chi connectivity index (χ0v) is 20.9. The number of aryl methyl sites for hydroxylation is 1. The number of carbonyl (C=O) groups excluding carboxylic acids is 2. The lowest BCUT2D eigenvalue weighted by molar-refractivity contribution is -0.118. The van der Waals surface area contributed by atoms with Crippen molar-refractivity contribution in [3.05, 3.63) is 94.4 Å². The van der Waals surface area contributed by atoms with Crippen LogP contribution in [-0.2, 0) is 22.6 Å². The molecule has 0 atom stereocenters. The molecule has 2 amide bonds. The smallest absolute Gasteiger partial charge is 0.265 e. The molecule has 0 aromatic heterocycles. The first kappa shape index (κ1) is 24.4. The lowest BCUT2D eigenvalue weighted by atomic mass is 10.1. The van der Waals surface area contributed by atoms with E-state index in [0.717, 1.165) is 21.7 Å². The van der Waals surface area contributed by atoms with Gasteiger partial charge in [0.1, 0.15) is 0 Å². The van der Waals surface area contributed by atoms with Crippen molar-refractivity contribution in [2.24, 2.45) is 0 Å². The van der Waals surface area contributed by atoms with Gasteiger partial charge in [0, 0.05) is 17.5 Å². The first-order chi connectivity index (χ1) is 17.0. The van der Waals surface area contributed by atoms with E-state index in [1.165, 1.54) is 23.4 Å². The van der Waals surface area contributed by atoms with E-state index in [0.29, 0.717) is 35.9 Å². The minimum Gasteiger partial charge on any atom is -0.493 e. The topological polar surface area (TPSA) is 67.9 Å². The molecule has 7 heteroatoms. The fraction of sp³-hybridized carbons (Fsp3) is 0.214. The number of rotatable bonds is 8. The molecule has 0 unspecified atom stereocenters. The van der Waals surface area contributed by atoms with E-state index in [4.69, 9.17) is 9.47 Å². The molecule has 6 nitrogen and oxygen atoms in total. The zero-order valence-electron chi connectivity index (χ0n) is 20.0. The van der Waals surface area contributed by atoms with E-state index in [1.807, 2.05) is 73.7 Å². The van der Waals surface area contributed by atoms with E-state index < -0.39 is 0 Å². The van der Waals surface area contributed by atoms with Gasteiger partial charge in [0.2, 0.25) is 5.91 Å². The molecule has 3 aromatic carbocycles. The number of fused-ring (bicyclic) bond motifs is 1. The van der Waals surface area contributed by atoms with Gasteiger partial charge in [0.05, 0.1) is 31.4 Å². The zero-order chi connectivity index (χ0) is 24.8. The quantitative estimate of drug-likeness (QED) is 0.457. The number of nitrogens with zero attached hydrogens (tertiary/aromatic N) is 1. The van der Waals surface area contributed by atoms with Crippen LogP contribution in [0.15, 0.2) is 82.6 Å². The van der Waals surface area contributed by atoms with Gasteiger partial charge in [-0.1, -0.05) is 59.8 Å². The van der Waals surface area contributed by atoms with Crippen LogP contribution in [0.1, 0.15) is 16.7 Å². The highest BCUT2D eigenvalue weighted by Crippen LogP contribution is 2.41. The molecule has 1 N–H and O–H groups in total. The molecule has 1 aliphatic rings. The Morgan fingerprint density at radius 1 is 0.971 bits per heavy atom. The van der Waals surface area contributed by atoms with Crippen LogP contribution < -0.4 is 19.7 Å². The maximum absolute atomic E-state index is 13.4. The van der Waals surface area contributed by atoms with E-state index in [-0.39, 0.29) is 11.8 Å². The van der Waals surface area contributed by atoms with Crippen LogP contribution in [-0.4, -0.2) is 32.6 Å². The highest BCUT2D eigenvalue weighted by atomic mass is 32.2. The lowest BCUT2D eigenvalue weighted by Gasteiger charge is -2.30. The number of amides is 2. The van der Waals surface area contributed by atoms with Gasteiger partial charge >= 0.3 is 0 Å². The largest absolute Gasteiger partial charge is 0.493 e. The van der Waals surface area contributed by atoms with Crippen LogP contribution in [0.2, 0.25) is 0 Å². The van der Waals surface area contributed by atoms with Crippen LogP contribution in [0.5, 0.6) is 11.5 Å². The number of carbonyl (C=O) groups is 2. The molecule has 0 fully saturated rings. The number of anilines is 1. The number of methoxy groups -OCH3 is 2. The molecule has 3 aromatic rings. The predicted molar refractivity (Wildman–Crippen MR) is 139 cm³/mol. The minimum atomic E-state index is -0.295. The summed E-state index contributed by atoms with van der Waals surface area (Å²) in [5.41, 5.74) is 4.07. The van der Waals surface area contributed by atoms with Gasteiger partial charge in [0.15, 0.2) is 11.5 Å². The summed E-state index contributed by atoms with van der Waals surface area (Å²) in [5.74, 6) is 0.837. The molecule has 0 spiro atoms. The third kappa shape index (κ3) is 5.87. The van der Waals surface area contributed by atoms with Gasteiger partial charge in [-0.05, 0) is 48.7 Å². The van der Waals surface area contributed by atoms with Crippen LogP contribution in [0.4, 0.5) is 5.69 Å². The fourth-order valence-corrected chi connectivity index (χ4v) is 4.86. The summed E-state index contributed by atoms with van der Waals surface area (Å²) in [4.78, 5) is 29.1. The summed E-state index contributed by atoms with van der Waals surface area (Å²) < 4.78 is 10.6. The molecule has 0 saturated carbocycles. The molecule has 180 valence electrons. The number of hydrogen-bond acceptors (Lipinski definition) is 5. The van der Waals surface area contributed by atoms with Gasteiger partial charge in [-0.25, -0.2) is 0 Å². The van der Waals surface area contributed by atoms with Gasteiger partial charge in [-0.3, -0.25) is 9.59 Å². The van der Waals surface area contributed by atoms with Crippen molar-refractivity contribution in [1.29, 1.82) is 0 Å². The number of para-hydroxylation sites is 1. The highest BCUT2D eigenvalue weighted by molar-refractivity contribution is 8.04. The normalized spacial score (nSPS) is 14.0. The first-order valence-electron chi connectivity index (χ1n) is 11.3. The summed E-state index contributed by atoms with van der Waals surface area (Å²) in [6.45, 7) is 2.90. The first-order valence-corrected chi connectivity index (χ1v) is 12.1. The summed E-state index contributed by atoms with van der Waals surface area (Å²) in [7, 11) is 3.19. The summed E-state index contributed by atoms with van der Waals surface area (Å²) in [5, 5.41) is 2.89. The highest BCUT2D eigenvalue weighted by Gasteiger charge is 2.29. The van der Waals surface area contributed by atoms with Crippen LogP contribution in [0, 0.1) is 6.92 Å². The second kappa shape index (κ2) is 11.1. The Hall–Kier alpha value is -3.71. The van der Waals surface area contributed by atoms with Crippen molar-refractivity contribution in [3.63, 3.8) is 0 Å². The Morgan fingerprint density at radius 3 is 2.43 bits per heavy atom. The Balaban J connectivity index is 1.45. The van der Waals surface area contributed by atoms with Gasteiger partial charge in [-0.2, -0.15) is 0 Å². The van der Waals surface area contributed by atoms with Crippen molar-refractivity contribution in [2.45, 2.75) is 24.8 Å². The Kier molecular flexibility index (Phi) is 7.77. The molecule has 0 saturated heterocycles. The van der Waals surface area contributed by atoms with E-state index in [1.54, 1.807) is 19.1 Å². The van der Waals surface area contributed by atoms with Crippen molar-refractivity contribution in [2.75, 3.05) is 25.7 Å². The minimum absolute atomic E-state index is 0.177. The predicted octanol–water partition coefficient (Wildman–Crippen LogP) is 4.89. The third-order valence-electron chi connectivity index (χ3n) is 5.72. The third-order valence-corrected chi connectivity index (χ3v) is 6.79. The van der Waals surface area contributed by atoms with Crippen molar-refractivity contribution in [3.8, 4) is 11.5 Å². The van der Waals surface area contributed by atoms with E-state index >= 15 is 0 Å². The Morgan fingerprint density at radius 2 is 1.69 bits per heavy atom. The molecule has 4 rings (SSSR count). The van der Waals surface area contributed by atoms with Crippen LogP contribution >= 0.6 is 11.8 Å². The van der Waals surface area contributed by atoms with Crippen LogP contribution in [0.25, 0.3) is 0 Å². The lowest BCUT2D eigenvalue weighted by Crippen LogP contribution is -2.34. The number of thioether (sulfide) groups is 1. The molecule has 0 radical (unpaired) electrons. The molecule has 35 heavy (non-hydrogen) atoms. The number of benzene rings is 3. The molecule has 1 aliphatic heterocycles.